The topological polar surface area (TPSA) is 3.24 Å². The Hall–Kier alpha value is -0.890. The number of piperidine rings is 1. The molecule has 1 heterocycles. The average molecular weight is 249 g/mol. The molecule has 0 aromatic heterocycles. The van der Waals surface area contributed by atoms with E-state index in [-0.39, 0.29) is 5.82 Å². The van der Waals surface area contributed by atoms with Gasteiger partial charge < -0.3 is 4.90 Å². The number of halogens is 1. The second kappa shape index (κ2) is 6.89. The average Bonchev–Trinajstić information content (AvgIpc) is 2.40. The number of likely N-dealkylation sites (tertiary alicyclic amines) is 1. The number of hydrogen-bond donors (Lipinski definition) is 0. The lowest BCUT2D eigenvalue weighted by Crippen LogP contribution is -2.40. The SMILES string of the molecule is CCCC1CCCCN1CCc1ccc(F)cc1. The summed E-state index contributed by atoms with van der Waals surface area (Å²) in [6.07, 6.45) is 7.72. The highest BCUT2D eigenvalue weighted by atomic mass is 19.1. The fourth-order valence-corrected chi connectivity index (χ4v) is 2.94. The van der Waals surface area contributed by atoms with Crippen LogP contribution >= 0.6 is 0 Å². The third kappa shape index (κ3) is 3.81. The minimum absolute atomic E-state index is 0.138. The zero-order chi connectivity index (χ0) is 12.8. The Bertz CT molecular complexity index is 345. The molecule has 2 rings (SSSR count). The first-order valence-electron chi connectivity index (χ1n) is 7.28. The van der Waals surface area contributed by atoms with Crippen molar-refractivity contribution >= 4 is 0 Å². The summed E-state index contributed by atoms with van der Waals surface area (Å²) in [4.78, 5) is 2.64. The highest BCUT2D eigenvalue weighted by Crippen LogP contribution is 2.21. The van der Waals surface area contributed by atoms with Crippen LogP contribution < -0.4 is 0 Å². The molecule has 1 aromatic carbocycles. The zero-order valence-corrected chi connectivity index (χ0v) is 11.4. The maximum atomic E-state index is 12.8. The molecule has 0 amide bonds. The van der Waals surface area contributed by atoms with Crippen molar-refractivity contribution in [1.82, 2.24) is 4.90 Å². The van der Waals surface area contributed by atoms with Crippen LogP contribution in [0.25, 0.3) is 0 Å². The summed E-state index contributed by atoms with van der Waals surface area (Å²) in [7, 11) is 0. The van der Waals surface area contributed by atoms with Gasteiger partial charge in [-0.15, -0.1) is 0 Å². The van der Waals surface area contributed by atoms with Gasteiger partial charge in [0.15, 0.2) is 0 Å². The van der Waals surface area contributed by atoms with Crippen molar-refractivity contribution in [3.05, 3.63) is 35.6 Å². The van der Waals surface area contributed by atoms with Gasteiger partial charge in [0.25, 0.3) is 0 Å². The van der Waals surface area contributed by atoms with Gasteiger partial charge in [-0.2, -0.15) is 0 Å². The van der Waals surface area contributed by atoms with Crippen molar-refractivity contribution < 1.29 is 4.39 Å². The molecule has 0 saturated carbocycles. The van der Waals surface area contributed by atoms with Gasteiger partial charge in [-0.3, -0.25) is 0 Å². The Kier molecular flexibility index (Phi) is 5.18. The molecule has 1 nitrogen and oxygen atoms in total. The zero-order valence-electron chi connectivity index (χ0n) is 11.4. The molecule has 1 unspecified atom stereocenters. The van der Waals surface area contributed by atoms with Crippen molar-refractivity contribution in [3.8, 4) is 0 Å². The Morgan fingerprint density at radius 2 is 2.00 bits per heavy atom. The largest absolute Gasteiger partial charge is 0.300 e. The van der Waals surface area contributed by atoms with Crippen LogP contribution in [0.2, 0.25) is 0 Å². The van der Waals surface area contributed by atoms with Crippen molar-refractivity contribution in [1.29, 1.82) is 0 Å². The summed E-state index contributed by atoms with van der Waals surface area (Å²) in [5.41, 5.74) is 1.25. The van der Waals surface area contributed by atoms with Crippen molar-refractivity contribution in [3.63, 3.8) is 0 Å². The molecule has 18 heavy (non-hydrogen) atoms. The van der Waals surface area contributed by atoms with E-state index in [0.717, 1.165) is 19.0 Å². The minimum Gasteiger partial charge on any atom is -0.300 e. The van der Waals surface area contributed by atoms with E-state index < -0.39 is 0 Å². The molecule has 1 aliphatic heterocycles. The molecular formula is C16H24FN. The Balaban J connectivity index is 1.85. The van der Waals surface area contributed by atoms with E-state index in [1.807, 2.05) is 12.1 Å². The lowest BCUT2D eigenvalue weighted by atomic mass is 9.97. The van der Waals surface area contributed by atoms with Crippen LogP contribution in [0.15, 0.2) is 24.3 Å². The highest BCUT2D eigenvalue weighted by molar-refractivity contribution is 5.16. The Labute approximate surface area is 110 Å². The van der Waals surface area contributed by atoms with E-state index in [9.17, 15) is 4.39 Å². The van der Waals surface area contributed by atoms with Crippen molar-refractivity contribution in [2.75, 3.05) is 13.1 Å². The first kappa shape index (κ1) is 13.5. The van der Waals surface area contributed by atoms with Crippen molar-refractivity contribution in [2.45, 2.75) is 51.5 Å². The van der Waals surface area contributed by atoms with Gasteiger partial charge in [0.2, 0.25) is 0 Å². The molecule has 1 aromatic rings. The monoisotopic (exact) mass is 249 g/mol. The van der Waals surface area contributed by atoms with Crippen molar-refractivity contribution in [2.24, 2.45) is 0 Å². The first-order valence-corrected chi connectivity index (χ1v) is 7.28. The third-order valence-corrected chi connectivity index (χ3v) is 3.97. The number of benzene rings is 1. The van der Waals surface area contributed by atoms with E-state index in [4.69, 9.17) is 0 Å². The number of rotatable bonds is 5. The predicted octanol–water partition coefficient (Wildman–Crippen LogP) is 4.02. The number of hydrogen-bond acceptors (Lipinski definition) is 1. The fourth-order valence-electron chi connectivity index (χ4n) is 2.94. The molecule has 0 N–H and O–H groups in total. The molecule has 2 heteroatoms. The van der Waals surface area contributed by atoms with E-state index >= 15 is 0 Å². The molecule has 1 atom stereocenters. The first-order chi connectivity index (χ1) is 8.79. The van der Waals surface area contributed by atoms with Crippen LogP contribution in [0.5, 0.6) is 0 Å². The second-order valence-electron chi connectivity index (χ2n) is 5.35. The minimum atomic E-state index is -0.138. The highest BCUT2D eigenvalue weighted by Gasteiger charge is 2.20. The maximum absolute atomic E-state index is 12.8. The van der Waals surface area contributed by atoms with Crippen LogP contribution in [0.1, 0.15) is 44.6 Å². The molecular weight excluding hydrogens is 225 g/mol. The summed E-state index contributed by atoms with van der Waals surface area (Å²) in [6, 6.07) is 7.73. The smallest absolute Gasteiger partial charge is 0.123 e. The van der Waals surface area contributed by atoms with Crippen LogP contribution in [-0.4, -0.2) is 24.0 Å². The van der Waals surface area contributed by atoms with E-state index in [1.165, 1.54) is 44.2 Å². The Morgan fingerprint density at radius 1 is 1.22 bits per heavy atom. The molecule has 0 radical (unpaired) electrons. The fraction of sp³-hybridized carbons (Fsp3) is 0.625. The lowest BCUT2D eigenvalue weighted by molar-refractivity contribution is 0.141. The molecule has 1 aliphatic rings. The van der Waals surface area contributed by atoms with E-state index in [0.29, 0.717) is 0 Å². The van der Waals surface area contributed by atoms with Crippen LogP contribution in [-0.2, 0) is 6.42 Å². The van der Waals surface area contributed by atoms with Gasteiger partial charge >= 0.3 is 0 Å². The quantitative estimate of drug-likeness (QED) is 0.761. The predicted molar refractivity (Wildman–Crippen MR) is 74.2 cm³/mol. The normalized spacial score (nSPS) is 21.1. The summed E-state index contributed by atoms with van der Waals surface area (Å²) in [5, 5.41) is 0. The van der Waals surface area contributed by atoms with Gasteiger partial charge in [0.05, 0.1) is 0 Å². The number of nitrogens with zero attached hydrogens (tertiary/aromatic N) is 1. The van der Waals surface area contributed by atoms with Gasteiger partial charge in [0.1, 0.15) is 5.82 Å². The molecule has 100 valence electrons. The standard InChI is InChI=1S/C16H24FN/c1-2-5-16-6-3-4-12-18(16)13-11-14-7-9-15(17)10-8-14/h7-10,16H,2-6,11-13H2,1H3. The molecule has 0 aliphatic carbocycles. The van der Waals surface area contributed by atoms with Crippen LogP contribution in [0, 0.1) is 5.82 Å². The molecule has 1 saturated heterocycles. The summed E-state index contributed by atoms with van der Waals surface area (Å²) < 4.78 is 12.8. The van der Waals surface area contributed by atoms with Gasteiger partial charge in [-0.25, -0.2) is 4.39 Å². The van der Waals surface area contributed by atoms with Gasteiger partial charge in [0, 0.05) is 12.6 Å². The van der Waals surface area contributed by atoms with Gasteiger partial charge in [-0.05, 0) is 49.9 Å². The van der Waals surface area contributed by atoms with E-state index in [2.05, 4.69) is 11.8 Å². The van der Waals surface area contributed by atoms with Crippen LogP contribution in [0.4, 0.5) is 4.39 Å². The second-order valence-corrected chi connectivity index (χ2v) is 5.35. The molecule has 0 bridgehead atoms. The van der Waals surface area contributed by atoms with E-state index in [1.54, 1.807) is 12.1 Å². The maximum Gasteiger partial charge on any atom is 0.123 e. The summed E-state index contributed by atoms with van der Waals surface area (Å²) >= 11 is 0. The van der Waals surface area contributed by atoms with Crippen LogP contribution in [0.3, 0.4) is 0 Å². The van der Waals surface area contributed by atoms with Gasteiger partial charge in [-0.1, -0.05) is 31.9 Å². The summed E-state index contributed by atoms with van der Waals surface area (Å²) in [6.45, 7) is 4.63. The Morgan fingerprint density at radius 3 is 2.72 bits per heavy atom. The summed E-state index contributed by atoms with van der Waals surface area (Å²) in [5.74, 6) is -0.138. The molecule has 0 spiro atoms. The lowest BCUT2D eigenvalue weighted by Gasteiger charge is -2.35. The third-order valence-electron chi connectivity index (χ3n) is 3.97. The molecule has 1 fully saturated rings.